The van der Waals surface area contributed by atoms with E-state index >= 15 is 0 Å². The topological polar surface area (TPSA) is 102 Å². The number of carbonyl (C=O) groups is 2. The highest BCUT2D eigenvalue weighted by molar-refractivity contribution is 5.76. The molecule has 0 spiro atoms. The molecule has 0 aliphatic heterocycles. The summed E-state index contributed by atoms with van der Waals surface area (Å²) in [6, 6.07) is 21.8. The van der Waals surface area contributed by atoms with Crippen LogP contribution in [0.3, 0.4) is 0 Å². The molecule has 5 rings (SSSR count). The van der Waals surface area contributed by atoms with Crippen LogP contribution in [-0.4, -0.2) is 41.7 Å². The Bertz CT molecular complexity index is 2080. The summed E-state index contributed by atoms with van der Waals surface area (Å²) in [5.74, 6) is -4.04. The van der Waals surface area contributed by atoms with Crippen LogP contribution in [0.1, 0.15) is 11.1 Å². The molecule has 0 atom stereocenters. The van der Waals surface area contributed by atoms with Crippen LogP contribution >= 0.6 is 0 Å². The molecule has 54 heavy (non-hydrogen) atoms. The normalized spacial score (nSPS) is 11.6. The van der Waals surface area contributed by atoms with Crippen molar-refractivity contribution in [2.75, 3.05) is 13.2 Å². The van der Waals surface area contributed by atoms with Crippen molar-refractivity contribution in [2.45, 2.75) is 18.7 Å². The maximum atomic E-state index is 14.6. The van der Waals surface area contributed by atoms with Gasteiger partial charge in [0.25, 0.3) is 0 Å². The van der Waals surface area contributed by atoms with E-state index in [1.54, 1.807) is 30.3 Å². The van der Waals surface area contributed by atoms with Crippen LogP contribution in [-0.2, 0) is 21.9 Å². The van der Waals surface area contributed by atoms with Gasteiger partial charge in [0.15, 0.2) is 13.2 Å². The Balaban J connectivity index is 0.000000241. The van der Waals surface area contributed by atoms with Crippen molar-refractivity contribution in [3.05, 3.63) is 126 Å². The lowest BCUT2D eigenvalue weighted by molar-refractivity contribution is -0.274. The average Bonchev–Trinajstić information content (AvgIpc) is 3.09. The lowest BCUT2D eigenvalue weighted by Gasteiger charge is -2.15. The molecule has 284 valence electrons. The highest BCUT2D eigenvalue weighted by Crippen LogP contribution is 2.40. The monoisotopic (exact) mass is 770 g/mol. The van der Waals surface area contributed by atoms with Crippen LogP contribution in [0.2, 0.25) is 0 Å². The van der Waals surface area contributed by atoms with Gasteiger partial charge in [0.1, 0.15) is 23.1 Å². The molecule has 0 bridgehead atoms. The van der Waals surface area contributed by atoms with Crippen molar-refractivity contribution in [1.29, 1.82) is 0 Å². The van der Waals surface area contributed by atoms with Gasteiger partial charge in [0.05, 0.1) is 11.1 Å². The van der Waals surface area contributed by atoms with Gasteiger partial charge in [-0.1, -0.05) is 54.6 Å². The fraction of sp³-hybridized carbons (Fsp3) is 0.135. The first-order valence-corrected chi connectivity index (χ1v) is 15.0. The Labute approximate surface area is 298 Å². The molecule has 0 saturated carbocycles. The van der Waals surface area contributed by atoms with E-state index in [1.807, 2.05) is 0 Å². The summed E-state index contributed by atoms with van der Waals surface area (Å²) < 4.78 is 143. The summed E-state index contributed by atoms with van der Waals surface area (Å²) >= 11 is 0. The highest BCUT2D eigenvalue weighted by atomic mass is 19.4. The Morgan fingerprint density at radius 3 is 1.39 bits per heavy atom. The number of alkyl halides is 9. The summed E-state index contributed by atoms with van der Waals surface area (Å²) in [7, 11) is 0. The molecule has 0 aliphatic rings. The number of hydrogen-bond donors (Lipinski definition) is 2. The van der Waals surface area contributed by atoms with Crippen molar-refractivity contribution in [3.63, 3.8) is 0 Å². The molecule has 0 amide bonds. The van der Waals surface area contributed by atoms with Crippen LogP contribution in [0.5, 0.6) is 17.2 Å². The summed E-state index contributed by atoms with van der Waals surface area (Å²) in [5, 5.41) is 17.4. The van der Waals surface area contributed by atoms with Gasteiger partial charge in [-0.15, -0.1) is 13.2 Å². The van der Waals surface area contributed by atoms with Gasteiger partial charge in [0, 0.05) is 16.7 Å². The molecule has 0 aromatic heterocycles. The van der Waals surface area contributed by atoms with Crippen LogP contribution in [0.4, 0.5) is 43.9 Å². The summed E-state index contributed by atoms with van der Waals surface area (Å²) in [6.07, 6.45) is -14.2. The highest BCUT2D eigenvalue weighted by Gasteiger charge is 2.33. The smallest absolute Gasteiger partial charge is 0.481 e. The third-order valence-corrected chi connectivity index (χ3v) is 7.08. The minimum absolute atomic E-state index is 0.0467. The molecule has 0 radical (unpaired) electrons. The van der Waals surface area contributed by atoms with Crippen molar-refractivity contribution >= 4 is 11.9 Å². The number of carboxylic acids is 2. The van der Waals surface area contributed by atoms with E-state index in [4.69, 9.17) is 19.7 Å². The van der Waals surface area contributed by atoms with E-state index in [1.165, 1.54) is 12.1 Å². The molecule has 7 nitrogen and oxygen atoms in total. The predicted molar refractivity (Wildman–Crippen MR) is 172 cm³/mol. The van der Waals surface area contributed by atoms with Crippen molar-refractivity contribution in [2.24, 2.45) is 0 Å². The zero-order valence-corrected chi connectivity index (χ0v) is 27.0. The van der Waals surface area contributed by atoms with E-state index in [0.717, 1.165) is 60.7 Å². The lowest BCUT2D eigenvalue weighted by Crippen LogP contribution is -2.16. The van der Waals surface area contributed by atoms with E-state index in [0.29, 0.717) is 17.2 Å². The third kappa shape index (κ3) is 11.4. The Morgan fingerprint density at radius 2 is 0.963 bits per heavy atom. The molecular weight excluding hydrogens is 746 g/mol. The van der Waals surface area contributed by atoms with E-state index in [2.05, 4.69) is 4.74 Å². The van der Waals surface area contributed by atoms with Gasteiger partial charge in [-0.25, -0.2) is 14.0 Å². The van der Waals surface area contributed by atoms with Gasteiger partial charge in [0.2, 0.25) is 0 Å². The van der Waals surface area contributed by atoms with Crippen molar-refractivity contribution in [1.82, 2.24) is 0 Å². The van der Waals surface area contributed by atoms with Gasteiger partial charge >= 0.3 is 30.7 Å². The second kappa shape index (κ2) is 16.6. The zero-order valence-electron chi connectivity index (χ0n) is 27.0. The number of ether oxygens (including phenoxy) is 3. The van der Waals surface area contributed by atoms with Crippen LogP contribution < -0.4 is 14.2 Å². The summed E-state index contributed by atoms with van der Waals surface area (Å²) in [5.41, 5.74) is -0.991. The van der Waals surface area contributed by atoms with Crippen LogP contribution in [0.25, 0.3) is 33.4 Å². The SMILES string of the molecule is O=C(O)COc1ccc(C(F)(F)F)cc1-c1ccc(-c2ccccc2)c(F)c1.O=C(O)COc1ccc(C(F)(F)F)cc1-c1ccc(OC(F)(F)F)cc1. The number of hydrogen-bond acceptors (Lipinski definition) is 5. The fourth-order valence-corrected chi connectivity index (χ4v) is 4.77. The Kier molecular flexibility index (Phi) is 12.5. The predicted octanol–water partition coefficient (Wildman–Crippen LogP) is 10.4. The Hall–Kier alpha value is -6.26. The number of rotatable bonds is 10. The fourth-order valence-electron chi connectivity index (χ4n) is 4.77. The summed E-state index contributed by atoms with van der Waals surface area (Å²) in [6.45, 7) is -1.53. The summed E-state index contributed by atoms with van der Waals surface area (Å²) in [4.78, 5) is 21.3. The van der Waals surface area contributed by atoms with Crippen molar-refractivity contribution < 1.29 is 77.9 Å². The van der Waals surface area contributed by atoms with E-state index in [-0.39, 0.29) is 33.8 Å². The van der Waals surface area contributed by atoms with E-state index in [9.17, 15) is 53.5 Å². The maximum absolute atomic E-state index is 14.6. The molecule has 0 unspecified atom stereocenters. The molecule has 0 heterocycles. The van der Waals surface area contributed by atoms with Gasteiger partial charge in [-0.3, -0.25) is 0 Å². The first-order valence-electron chi connectivity index (χ1n) is 15.0. The van der Waals surface area contributed by atoms with Crippen molar-refractivity contribution in [3.8, 4) is 50.6 Å². The molecule has 5 aromatic carbocycles. The standard InChI is InChI=1S/C21H14F4O3.C16H10F6O4/c22-18-10-14(6-8-16(18)13-4-2-1-3-5-13)17-11-15(21(23,24)25)7-9-19(17)28-12-20(26)27;17-15(18,19)10-3-6-13(25-8-14(23)24)12(7-10)9-1-4-11(5-2-9)26-16(20,21)22/h1-11H,12H2,(H,26,27);1-7H,8H2,(H,23,24). The molecular formula is C37H24F10O7. The van der Waals surface area contributed by atoms with Gasteiger partial charge in [-0.05, 0) is 71.3 Å². The molecule has 0 aliphatic carbocycles. The molecule has 17 heteroatoms. The van der Waals surface area contributed by atoms with Gasteiger partial charge in [-0.2, -0.15) is 26.3 Å². The third-order valence-electron chi connectivity index (χ3n) is 7.08. The molecule has 0 fully saturated rings. The number of benzene rings is 5. The van der Waals surface area contributed by atoms with Crippen LogP contribution in [0, 0.1) is 5.82 Å². The minimum atomic E-state index is -4.91. The van der Waals surface area contributed by atoms with Crippen LogP contribution in [0.15, 0.2) is 109 Å². The molecule has 2 N–H and O–H groups in total. The zero-order chi connectivity index (χ0) is 39.8. The lowest BCUT2D eigenvalue weighted by atomic mass is 9.97. The minimum Gasteiger partial charge on any atom is -0.481 e. The first kappa shape index (κ1) is 40.5. The number of carboxylic acid groups (broad SMARTS) is 2. The second-order valence-corrected chi connectivity index (χ2v) is 10.9. The quantitative estimate of drug-likeness (QED) is 0.136. The number of aliphatic carboxylic acids is 2. The van der Waals surface area contributed by atoms with Gasteiger partial charge < -0.3 is 24.4 Å². The Morgan fingerprint density at radius 1 is 0.519 bits per heavy atom. The second-order valence-electron chi connectivity index (χ2n) is 10.9. The van der Waals surface area contributed by atoms with E-state index < -0.39 is 66.6 Å². The number of halogens is 10. The molecule has 0 saturated heterocycles. The first-order chi connectivity index (χ1) is 25.2. The average molecular weight is 771 g/mol. The maximum Gasteiger partial charge on any atom is 0.573 e. The largest absolute Gasteiger partial charge is 0.573 e. The molecule has 5 aromatic rings.